The Morgan fingerprint density at radius 2 is 0.949 bits per heavy atom. The van der Waals surface area contributed by atoms with Crippen molar-refractivity contribution in [3.8, 4) is 58.0 Å². The van der Waals surface area contributed by atoms with Gasteiger partial charge < -0.3 is 9.47 Å². The predicted molar refractivity (Wildman–Crippen MR) is 123 cm³/mol. The van der Waals surface area contributed by atoms with Gasteiger partial charge in [0.1, 0.15) is 46.9 Å². The zero-order valence-electron chi connectivity index (χ0n) is 18.7. The Hall–Kier alpha value is -5.24. The van der Waals surface area contributed by atoms with Crippen LogP contribution in [0.1, 0.15) is 20.9 Å². The van der Waals surface area contributed by atoms with Gasteiger partial charge in [-0.1, -0.05) is 0 Å². The third kappa shape index (κ3) is 4.12. The number of alkyl halides is 6. The largest absolute Gasteiger partial charge is 0.573 e. The minimum Gasteiger partial charge on any atom is -0.406 e. The molecule has 5 rings (SSSR count). The number of fused-ring (bicyclic) bond motifs is 7. The van der Waals surface area contributed by atoms with Gasteiger partial charge in [-0.15, -0.1) is 37.7 Å². The fraction of sp³-hybridized carbons (Fsp3) is 0.0769. The first kappa shape index (κ1) is 25.4. The topological polar surface area (TPSA) is 114 Å². The lowest BCUT2D eigenvalue weighted by molar-refractivity contribution is -0.275. The van der Waals surface area contributed by atoms with Gasteiger partial charge in [0.2, 0.25) is 0 Å². The summed E-state index contributed by atoms with van der Waals surface area (Å²) in [6.45, 7) is 0. The van der Waals surface area contributed by atoms with Gasteiger partial charge in [-0.05, 0) is 58.7 Å². The molecule has 190 valence electrons. The molecular weight excluding hydrogens is 546 g/mol. The maximum Gasteiger partial charge on any atom is 0.573 e. The number of hydrogen-bond acceptors (Lipinski definition) is 7. The molecule has 2 aliphatic rings. The number of rotatable bonds is 2. The highest BCUT2D eigenvalue weighted by molar-refractivity contribution is 7.16. The second-order valence-electron chi connectivity index (χ2n) is 7.97. The molecule has 0 saturated carbocycles. The number of hydrogen-bond donors (Lipinski definition) is 0. The smallest absolute Gasteiger partial charge is 0.406 e. The lowest BCUT2D eigenvalue weighted by Gasteiger charge is -2.12. The Balaban J connectivity index is 1.84. The molecule has 0 saturated heterocycles. The molecule has 3 aromatic rings. The van der Waals surface area contributed by atoms with Gasteiger partial charge in [-0.3, -0.25) is 0 Å². The van der Waals surface area contributed by atoms with Crippen molar-refractivity contribution in [3.63, 3.8) is 0 Å². The molecular formula is C26H6F6N4O2S. The van der Waals surface area contributed by atoms with Crippen molar-refractivity contribution in [1.29, 1.82) is 21.0 Å². The van der Waals surface area contributed by atoms with Crippen LogP contribution in [0, 0.1) is 45.3 Å². The fourth-order valence-electron chi connectivity index (χ4n) is 4.60. The zero-order valence-corrected chi connectivity index (χ0v) is 19.6. The van der Waals surface area contributed by atoms with Crippen molar-refractivity contribution >= 4 is 22.5 Å². The number of allylic oxidation sites excluding steroid dienone is 2. The molecule has 39 heavy (non-hydrogen) atoms. The molecule has 0 bridgehead atoms. The summed E-state index contributed by atoms with van der Waals surface area (Å²) in [5, 5.41) is 38.4. The molecule has 0 spiro atoms. The summed E-state index contributed by atoms with van der Waals surface area (Å²) in [7, 11) is 0. The van der Waals surface area contributed by atoms with Crippen molar-refractivity contribution in [2.45, 2.75) is 12.7 Å². The van der Waals surface area contributed by atoms with E-state index in [1.165, 1.54) is 12.1 Å². The monoisotopic (exact) mass is 552 g/mol. The minimum atomic E-state index is -5.00. The number of nitriles is 4. The van der Waals surface area contributed by atoms with E-state index in [9.17, 15) is 47.4 Å². The summed E-state index contributed by atoms with van der Waals surface area (Å²) >= 11 is 0.950. The maximum atomic E-state index is 12.9. The molecule has 2 aliphatic carbocycles. The zero-order chi connectivity index (χ0) is 28.3. The van der Waals surface area contributed by atoms with E-state index in [4.69, 9.17) is 0 Å². The van der Waals surface area contributed by atoms with Crippen LogP contribution in [-0.2, 0) is 0 Å². The van der Waals surface area contributed by atoms with Gasteiger partial charge >= 0.3 is 12.7 Å². The van der Waals surface area contributed by atoms with Crippen molar-refractivity contribution < 1.29 is 35.8 Å². The van der Waals surface area contributed by atoms with Crippen LogP contribution >= 0.6 is 11.3 Å². The number of benzene rings is 2. The number of ether oxygens (including phenoxy) is 2. The van der Waals surface area contributed by atoms with Crippen LogP contribution in [0.15, 0.2) is 47.5 Å². The van der Waals surface area contributed by atoms with Crippen LogP contribution < -0.4 is 9.47 Å². The first-order chi connectivity index (χ1) is 18.4. The molecule has 1 heterocycles. The van der Waals surface area contributed by atoms with Gasteiger partial charge in [-0.25, -0.2) is 0 Å². The highest BCUT2D eigenvalue weighted by atomic mass is 32.1. The Labute approximate surface area is 218 Å². The number of nitrogens with zero attached hydrogens (tertiary/aromatic N) is 4. The van der Waals surface area contributed by atoms with Crippen LogP contribution in [0.5, 0.6) is 11.5 Å². The maximum absolute atomic E-state index is 12.9. The predicted octanol–water partition coefficient (Wildman–Crippen LogP) is 7.20. The SMILES string of the molecule is N#CC(C#N)=C1c2cc(OC(F)(F)F)ccc2-c2c1sc1c2-c2ccc(OC(F)(F)F)cc2C1=C(C#N)C#N. The molecule has 0 unspecified atom stereocenters. The van der Waals surface area contributed by atoms with Crippen LogP contribution in [-0.4, -0.2) is 12.7 Å². The van der Waals surface area contributed by atoms with Gasteiger partial charge in [0, 0.05) is 32.0 Å². The van der Waals surface area contributed by atoms with E-state index in [2.05, 4.69) is 9.47 Å². The first-order valence-electron chi connectivity index (χ1n) is 10.5. The molecule has 0 atom stereocenters. The molecule has 13 heteroatoms. The molecule has 6 nitrogen and oxygen atoms in total. The normalized spacial score (nSPS) is 12.7. The lowest BCUT2D eigenvalue weighted by Crippen LogP contribution is -2.17. The van der Waals surface area contributed by atoms with E-state index < -0.39 is 35.4 Å². The molecule has 0 N–H and O–H groups in total. The molecule has 0 aliphatic heterocycles. The molecule has 1 aromatic heterocycles. The molecule has 0 radical (unpaired) electrons. The Kier molecular flexibility index (Phi) is 5.64. The summed E-state index contributed by atoms with van der Waals surface area (Å²) < 4.78 is 85.3. The standard InChI is InChI=1S/C26H6F6N4O2S/c27-25(28,29)37-13-1-3-15-17(5-13)19(11(7-33)8-34)23-21(15)22-16-4-2-14(38-26(30,31)32)6-18(16)20(24(22)39-23)12(9-35)10-36/h1-6H. The number of thiophene rings is 1. The van der Waals surface area contributed by atoms with Crippen LogP contribution in [0.25, 0.3) is 33.4 Å². The molecule has 2 aromatic carbocycles. The number of halogens is 6. The summed E-state index contributed by atoms with van der Waals surface area (Å²) in [6, 6.07) is 13.7. The van der Waals surface area contributed by atoms with E-state index in [1.807, 2.05) is 0 Å². The summed E-state index contributed by atoms with van der Waals surface area (Å²) in [5.41, 5.74) is 0.901. The van der Waals surface area contributed by atoms with E-state index >= 15 is 0 Å². The van der Waals surface area contributed by atoms with Gasteiger partial charge in [0.25, 0.3) is 0 Å². The van der Waals surface area contributed by atoms with Crippen LogP contribution in [0.2, 0.25) is 0 Å². The highest BCUT2D eigenvalue weighted by Gasteiger charge is 2.41. The van der Waals surface area contributed by atoms with Crippen molar-refractivity contribution in [1.82, 2.24) is 0 Å². The Morgan fingerprint density at radius 3 is 1.26 bits per heavy atom. The molecule has 0 fully saturated rings. The average molecular weight is 552 g/mol. The average Bonchev–Trinajstić information content (AvgIpc) is 3.46. The van der Waals surface area contributed by atoms with Crippen molar-refractivity contribution in [3.05, 3.63) is 68.4 Å². The lowest BCUT2D eigenvalue weighted by atomic mass is 9.98. The minimum absolute atomic E-state index is 0.0328. The molecule has 0 amide bonds. The first-order valence-corrected chi connectivity index (χ1v) is 11.3. The highest BCUT2D eigenvalue weighted by Crippen LogP contribution is 2.61. The van der Waals surface area contributed by atoms with Crippen LogP contribution in [0.3, 0.4) is 0 Å². The summed E-state index contributed by atoms with van der Waals surface area (Å²) in [5.74, 6) is -1.18. The Bertz CT molecular complexity index is 1670. The van der Waals surface area contributed by atoms with Gasteiger partial charge in [0.05, 0.1) is 0 Å². The van der Waals surface area contributed by atoms with E-state index in [0.717, 1.165) is 35.6 Å². The third-order valence-electron chi connectivity index (χ3n) is 5.84. The second-order valence-corrected chi connectivity index (χ2v) is 8.99. The quantitative estimate of drug-likeness (QED) is 0.169. The summed E-state index contributed by atoms with van der Waals surface area (Å²) in [4.78, 5) is 0.623. The van der Waals surface area contributed by atoms with Crippen molar-refractivity contribution in [2.24, 2.45) is 0 Å². The fourth-order valence-corrected chi connectivity index (χ4v) is 6.06. The van der Waals surface area contributed by atoms with E-state index in [-0.39, 0.29) is 22.3 Å². The Morgan fingerprint density at radius 1 is 0.590 bits per heavy atom. The van der Waals surface area contributed by atoms with E-state index in [0.29, 0.717) is 32.0 Å². The summed E-state index contributed by atoms with van der Waals surface area (Å²) in [6.07, 6.45) is -10.0. The van der Waals surface area contributed by atoms with Gasteiger partial charge in [-0.2, -0.15) is 21.0 Å². The second kappa shape index (κ2) is 8.66. The van der Waals surface area contributed by atoms with Crippen molar-refractivity contribution in [2.75, 3.05) is 0 Å². The van der Waals surface area contributed by atoms with Gasteiger partial charge in [0.15, 0.2) is 0 Å². The van der Waals surface area contributed by atoms with E-state index in [1.54, 1.807) is 24.3 Å². The van der Waals surface area contributed by atoms with Crippen LogP contribution in [0.4, 0.5) is 26.3 Å². The third-order valence-corrected chi connectivity index (χ3v) is 7.06.